The molecule has 8 rings (SSSR count). The van der Waals surface area contributed by atoms with Gasteiger partial charge in [-0.3, -0.25) is 19.1 Å². The lowest BCUT2D eigenvalue weighted by Gasteiger charge is -2.06. The Kier molecular flexibility index (Phi) is 8.93. The highest BCUT2D eigenvalue weighted by molar-refractivity contribution is 14.1. The summed E-state index contributed by atoms with van der Waals surface area (Å²) < 4.78 is 3.43. The molecule has 6 heteroatoms. The van der Waals surface area contributed by atoms with E-state index in [1.165, 1.54) is 14.7 Å². The average Bonchev–Trinajstić information content (AvgIpc) is 3.61. The van der Waals surface area contributed by atoms with Gasteiger partial charge in [0.2, 0.25) is 0 Å². The van der Waals surface area contributed by atoms with Gasteiger partial charge in [0, 0.05) is 55.5 Å². The Morgan fingerprint density at radius 3 is 1.98 bits per heavy atom. The van der Waals surface area contributed by atoms with Gasteiger partial charge in [-0.15, -0.1) is 0 Å². The minimum Gasteiger partial charge on any atom is -0.295 e. The van der Waals surface area contributed by atoms with E-state index in [0.717, 1.165) is 56.4 Å². The highest BCUT2D eigenvalue weighted by Gasteiger charge is 2.19. The number of hydrogen-bond donors (Lipinski definition) is 0. The number of carbonyl (C=O) groups excluding carboxylic acids is 2. The highest BCUT2D eigenvalue weighted by Crippen LogP contribution is 2.36. The number of carbonyl (C=O) groups is 2. The fourth-order valence-electron chi connectivity index (χ4n) is 5.52. The zero-order valence-corrected chi connectivity index (χ0v) is 27.1. The third-order valence-electron chi connectivity index (χ3n) is 7.73. The predicted octanol–water partition coefficient (Wildman–Crippen LogP) is 9.53. The Labute approximate surface area is 275 Å². The Bertz CT molecular complexity index is 2160. The van der Waals surface area contributed by atoms with Crippen LogP contribution in [0.1, 0.15) is 45.8 Å². The number of fused-ring (bicyclic) bond motifs is 6. The van der Waals surface area contributed by atoms with E-state index in [4.69, 9.17) is 0 Å². The smallest absolute Gasteiger partial charge is 0.159 e. The molecule has 220 valence electrons. The van der Waals surface area contributed by atoms with E-state index in [-0.39, 0.29) is 11.6 Å². The summed E-state index contributed by atoms with van der Waals surface area (Å²) in [6.07, 6.45) is 4.49. The van der Waals surface area contributed by atoms with Crippen molar-refractivity contribution in [3.05, 3.63) is 160 Å². The first kappa shape index (κ1) is 30.1. The van der Waals surface area contributed by atoms with Gasteiger partial charge in [-0.05, 0) is 114 Å². The maximum Gasteiger partial charge on any atom is 0.159 e. The number of ketones is 2. The monoisotopic (exact) mass is 699 g/mol. The summed E-state index contributed by atoms with van der Waals surface area (Å²) in [5, 5.41) is 2.11. The van der Waals surface area contributed by atoms with Crippen LogP contribution in [0, 0.1) is 3.57 Å². The van der Waals surface area contributed by atoms with E-state index < -0.39 is 0 Å². The van der Waals surface area contributed by atoms with Crippen LogP contribution in [0.15, 0.2) is 134 Å². The summed E-state index contributed by atoms with van der Waals surface area (Å²) in [7, 11) is 0. The first-order valence-corrected chi connectivity index (χ1v) is 15.7. The number of rotatable bonds is 3. The van der Waals surface area contributed by atoms with Gasteiger partial charge in [-0.1, -0.05) is 54.6 Å². The molecule has 3 heterocycles. The maximum atomic E-state index is 11.7. The SMILES string of the molecule is CC(=O)c1ccc2c(c1)-c1cccnc1C2.CC(=O)c1ccc2c(c1)c1cccnc1n2-c1ccccc1.Ic1ccccc1. The summed E-state index contributed by atoms with van der Waals surface area (Å²) >= 11 is 2.28. The molecular weight excluding hydrogens is 669 g/mol. The Hall–Kier alpha value is -4.95. The van der Waals surface area contributed by atoms with Crippen molar-refractivity contribution in [1.29, 1.82) is 0 Å². The van der Waals surface area contributed by atoms with Gasteiger partial charge in [-0.25, -0.2) is 4.98 Å². The maximum absolute atomic E-state index is 11.7. The van der Waals surface area contributed by atoms with Crippen molar-refractivity contribution in [2.45, 2.75) is 20.3 Å². The highest BCUT2D eigenvalue weighted by atomic mass is 127. The number of halogens is 1. The van der Waals surface area contributed by atoms with Crippen LogP contribution in [0.2, 0.25) is 0 Å². The van der Waals surface area contributed by atoms with Crippen molar-refractivity contribution in [2.75, 3.05) is 0 Å². The summed E-state index contributed by atoms with van der Waals surface area (Å²) in [6.45, 7) is 3.19. The van der Waals surface area contributed by atoms with Crippen molar-refractivity contribution in [2.24, 2.45) is 0 Å². The van der Waals surface area contributed by atoms with Crippen molar-refractivity contribution < 1.29 is 9.59 Å². The zero-order chi connectivity index (χ0) is 31.3. The van der Waals surface area contributed by atoms with Crippen molar-refractivity contribution >= 4 is 56.1 Å². The molecule has 0 saturated heterocycles. The molecule has 0 amide bonds. The zero-order valence-electron chi connectivity index (χ0n) is 24.9. The van der Waals surface area contributed by atoms with Crippen molar-refractivity contribution in [3.8, 4) is 16.8 Å². The van der Waals surface area contributed by atoms with Gasteiger partial charge in [0.25, 0.3) is 0 Å². The number of aromatic nitrogens is 3. The van der Waals surface area contributed by atoms with E-state index in [1.807, 2.05) is 97.2 Å². The van der Waals surface area contributed by atoms with Crippen LogP contribution in [0.25, 0.3) is 38.8 Å². The lowest BCUT2D eigenvalue weighted by molar-refractivity contribution is 0.100. The molecular formula is C39H30IN3O2. The molecule has 0 fully saturated rings. The molecule has 3 aromatic heterocycles. The van der Waals surface area contributed by atoms with Crippen LogP contribution >= 0.6 is 22.6 Å². The first-order valence-electron chi connectivity index (χ1n) is 14.6. The third-order valence-corrected chi connectivity index (χ3v) is 8.45. The molecule has 0 bridgehead atoms. The molecule has 4 aromatic carbocycles. The lowest BCUT2D eigenvalue weighted by atomic mass is 10.0. The third kappa shape index (κ3) is 6.47. The van der Waals surface area contributed by atoms with Crippen molar-refractivity contribution in [3.63, 3.8) is 0 Å². The van der Waals surface area contributed by atoms with Gasteiger partial charge in [0.15, 0.2) is 11.6 Å². The van der Waals surface area contributed by atoms with Crippen LogP contribution in [0.5, 0.6) is 0 Å². The standard InChI is InChI=1S/C19H14N2O.C14H11NO.C6H5I/c1-13(22)14-9-10-18-17(12-14)16-8-5-11-20-19(16)21(18)15-6-3-2-4-7-15;1-9(16)10-4-5-11-8-14-12(13(11)7-10)3-2-6-15-14;7-6-4-2-1-3-5-6/h2-12H,1H3;2-7H,8H2,1H3;1-5H. The second kappa shape index (κ2) is 13.4. The minimum atomic E-state index is 0.0754. The Morgan fingerprint density at radius 1 is 0.644 bits per heavy atom. The quantitative estimate of drug-likeness (QED) is 0.136. The van der Waals surface area contributed by atoms with E-state index in [9.17, 15) is 9.59 Å². The summed E-state index contributed by atoms with van der Waals surface area (Å²) in [5.74, 6) is 0.187. The number of Topliss-reactive ketones (excluding diaryl/α,β-unsaturated/α-hetero) is 2. The molecule has 0 radical (unpaired) electrons. The summed E-state index contributed by atoms with van der Waals surface area (Å²) in [5.41, 5.74) is 9.23. The van der Waals surface area contributed by atoms with Gasteiger partial charge in [0.05, 0.1) is 11.2 Å². The first-order chi connectivity index (χ1) is 21.9. The lowest BCUT2D eigenvalue weighted by Crippen LogP contribution is -1.95. The molecule has 0 spiro atoms. The molecule has 1 aliphatic rings. The average molecular weight is 700 g/mol. The number of benzene rings is 4. The number of hydrogen-bond acceptors (Lipinski definition) is 4. The second-order valence-electron chi connectivity index (χ2n) is 10.7. The molecule has 0 aliphatic heterocycles. The van der Waals surface area contributed by atoms with Gasteiger partial charge >= 0.3 is 0 Å². The number of pyridine rings is 2. The minimum absolute atomic E-state index is 0.0754. The fraction of sp³-hybridized carbons (Fsp3) is 0.0769. The van der Waals surface area contributed by atoms with Crippen LogP contribution < -0.4 is 0 Å². The molecule has 1 aliphatic carbocycles. The van der Waals surface area contributed by atoms with Gasteiger partial charge in [-0.2, -0.15) is 0 Å². The molecule has 0 atom stereocenters. The number of para-hydroxylation sites is 1. The van der Waals surface area contributed by atoms with Crippen molar-refractivity contribution in [1.82, 2.24) is 14.5 Å². The molecule has 7 aromatic rings. The molecule has 0 saturated carbocycles. The molecule has 45 heavy (non-hydrogen) atoms. The second-order valence-corrected chi connectivity index (χ2v) is 12.0. The molecule has 0 unspecified atom stereocenters. The molecule has 5 nitrogen and oxygen atoms in total. The summed E-state index contributed by atoms with van der Waals surface area (Å²) in [6, 6.07) is 40.1. The fourth-order valence-corrected chi connectivity index (χ4v) is 5.94. The van der Waals surface area contributed by atoms with Crippen LogP contribution in [0.3, 0.4) is 0 Å². The van der Waals surface area contributed by atoms with E-state index in [2.05, 4.69) is 67.5 Å². The largest absolute Gasteiger partial charge is 0.295 e. The normalized spacial score (nSPS) is 11.1. The van der Waals surface area contributed by atoms with Gasteiger partial charge < -0.3 is 0 Å². The van der Waals surface area contributed by atoms with Crippen LogP contribution in [-0.2, 0) is 6.42 Å². The van der Waals surface area contributed by atoms with Crippen LogP contribution in [-0.4, -0.2) is 26.1 Å². The van der Waals surface area contributed by atoms with E-state index in [0.29, 0.717) is 0 Å². The van der Waals surface area contributed by atoms with E-state index in [1.54, 1.807) is 20.0 Å². The molecule has 0 N–H and O–H groups in total. The topological polar surface area (TPSA) is 64.8 Å². The van der Waals surface area contributed by atoms with E-state index >= 15 is 0 Å². The summed E-state index contributed by atoms with van der Waals surface area (Å²) in [4.78, 5) is 31.9. The van der Waals surface area contributed by atoms with Gasteiger partial charge in [0.1, 0.15) is 5.65 Å². The predicted molar refractivity (Wildman–Crippen MR) is 190 cm³/mol. The Balaban J connectivity index is 0.000000135. The number of nitrogens with zero attached hydrogens (tertiary/aromatic N) is 3. The van der Waals surface area contributed by atoms with Crippen LogP contribution in [0.4, 0.5) is 0 Å². The Morgan fingerprint density at radius 2 is 1.29 bits per heavy atom.